The normalized spacial score (nSPS) is 23.2. The zero-order valence-corrected chi connectivity index (χ0v) is 13.1. The van der Waals surface area contributed by atoms with Crippen LogP contribution in [0.5, 0.6) is 0 Å². The van der Waals surface area contributed by atoms with E-state index in [0.717, 1.165) is 34.9 Å². The number of thioether (sulfide) groups is 1. The Bertz CT molecular complexity index is 583. The first-order valence-corrected chi connectivity index (χ1v) is 8.44. The van der Waals surface area contributed by atoms with Gasteiger partial charge in [-0.3, -0.25) is 9.79 Å². The minimum Gasteiger partial charge on any atom is -0.301 e. The second kappa shape index (κ2) is 6.48. The third-order valence-electron chi connectivity index (χ3n) is 3.96. The van der Waals surface area contributed by atoms with Gasteiger partial charge in [0.05, 0.1) is 10.9 Å². The number of carbonyl (C=O) groups excluding carboxylic acids is 1. The maximum absolute atomic E-state index is 12.0. The van der Waals surface area contributed by atoms with Gasteiger partial charge in [-0.1, -0.05) is 44.0 Å². The maximum atomic E-state index is 12.0. The van der Waals surface area contributed by atoms with Crippen LogP contribution in [0.2, 0.25) is 0 Å². The van der Waals surface area contributed by atoms with Gasteiger partial charge in [-0.2, -0.15) is 0 Å². The SMILES string of the molecule is CCc1ccc(C=C2SC(=NC3CCCC3)NC2=O)cc1. The third-order valence-corrected chi connectivity index (χ3v) is 4.89. The highest BCUT2D eigenvalue weighted by molar-refractivity contribution is 8.18. The van der Waals surface area contributed by atoms with Crippen molar-refractivity contribution in [3.63, 3.8) is 0 Å². The number of rotatable bonds is 3. The van der Waals surface area contributed by atoms with Crippen molar-refractivity contribution in [2.45, 2.75) is 45.1 Å². The van der Waals surface area contributed by atoms with Crippen molar-refractivity contribution in [3.05, 3.63) is 40.3 Å². The van der Waals surface area contributed by atoms with Gasteiger partial charge >= 0.3 is 0 Å². The Morgan fingerprint density at radius 1 is 1.29 bits per heavy atom. The molecule has 0 unspecified atom stereocenters. The van der Waals surface area contributed by atoms with Crippen LogP contribution in [0.3, 0.4) is 0 Å². The van der Waals surface area contributed by atoms with Crippen LogP contribution < -0.4 is 5.32 Å². The minimum atomic E-state index is -0.0312. The van der Waals surface area contributed by atoms with Crippen molar-refractivity contribution in [1.82, 2.24) is 5.32 Å². The predicted molar refractivity (Wildman–Crippen MR) is 89.2 cm³/mol. The number of amides is 1. The van der Waals surface area contributed by atoms with E-state index in [9.17, 15) is 4.79 Å². The van der Waals surface area contributed by atoms with E-state index in [-0.39, 0.29) is 5.91 Å². The fourth-order valence-corrected chi connectivity index (χ4v) is 3.58. The lowest BCUT2D eigenvalue weighted by Crippen LogP contribution is -2.21. The summed E-state index contributed by atoms with van der Waals surface area (Å²) in [4.78, 5) is 17.4. The van der Waals surface area contributed by atoms with E-state index >= 15 is 0 Å². The summed E-state index contributed by atoms with van der Waals surface area (Å²) in [6.07, 6.45) is 7.79. The predicted octanol–water partition coefficient (Wildman–Crippen LogP) is 3.75. The molecule has 1 aliphatic heterocycles. The highest BCUT2D eigenvalue weighted by Gasteiger charge is 2.25. The molecule has 0 spiro atoms. The average molecular weight is 300 g/mol. The van der Waals surface area contributed by atoms with Gasteiger partial charge in [-0.15, -0.1) is 0 Å². The van der Waals surface area contributed by atoms with E-state index in [1.54, 1.807) is 0 Å². The highest BCUT2D eigenvalue weighted by atomic mass is 32.2. The Balaban J connectivity index is 1.72. The van der Waals surface area contributed by atoms with Crippen LogP contribution in [0, 0.1) is 0 Å². The molecule has 2 aliphatic rings. The molecule has 1 amide bonds. The van der Waals surface area contributed by atoms with Gasteiger partial charge in [0, 0.05) is 0 Å². The molecule has 0 radical (unpaired) electrons. The Morgan fingerprint density at radius 2 is 2.00 bits per heavy atom. The largest absolute Gasteiger partial charge is 0.301 e. The van der Waals surface area contributed by atoms with E-state index in [4.69, 9.17) is 0 Å². The van der Waals surface area contributed by atoms with Crippen LogP contribution in [0.15, 0.2) is 34.2 Å². The van der Waals surface area contributed by atoms with Crippen molar-refractivity contribution in [2.75, 3.05) is 0 Å². The molecule has 1 saturated carbocycles. The van der Waals surface area contributed by atoms with E-state index in [1.807, 2.05) is 6.08 Å². The second-order valence-corrected chi connectivity index (χ2v) is 6.56. The molecule has 1 aromatic rings. The Kier molecular flexibility index (Phi) is 4.44. The van der Waals surface area contributed by atoms with Gasteiger partial charge in [0.1, 0.15) is 0 Å². The van der Waals surface area contributed by atoms with Crippen molar-refractivity contribution in [2.24, 2.45) is 4.99 Å². The van der Waals surface area contributed by atoms with Crippen LogP contribution in [0.4, 0.5) is 0 Å². The van der Waals surface area contributed by atoms with Crippen molar-refractivity contribution >= 4 is 28.9 Å². The van der Waals surface area contributed by atoms with E-state index in [1.165, 1.54) is 30.2 Å². The molecule has 110 valence electrons. The number of aryl methyl sites for hydroxylation is 1. The fraction of sp³-hybridized carbons (Fsp3) is 0.412. The van der Waals surface area contributed by atoms with Crippen LogP contribution in [-0.2, 0) is 11.2 Å². The summed E-state index contributed by atoms with van der Waals surface area (Å²) in [5.41, 5.74) is 2.37. The maximum Gasteiger partial charge on any atom is 0.264 e. The van der Waals surface area contributed by atoms with Crippen LogP contribution >= 0.6 is 11.8 Å². The molecule has 3 rings (SSSR count). The van der Waals surface area contributed by atoms with Crippen LogP contribution in [0.1, 0.15) is 43.7 Å². The van der Waals surface area contributed by atoms with Crippen molar-refractivity contribution < 1.29 is 4.79 Å². The smallest absolute Gasteiger partial charge is 0.264 e. The van der Waals surface area contributed by atoms with Gasteiger partial charge in [-0.05, 0) is 48.2 Å². The van der Waals surface area contributed by atoms with E-state index in [2.05, 4.69) is 41.5 Å². The third kappa shape index (κ3) is 3.56. The average Bonchev–Trinajstić information content (AvgIpc) is 3.11. The first kappa shape index (κ1) is 14.4. The molecule has 1 aliphatic carbocycles. The summed E-state index contributed by atoms with van der Waals surface area (Å²) in [7, 11) is 0. The lowest BCUT2D eigenvalue weighted by molar-refractivity contribution is -0.115. The summed E-state index contributed by atoms with van der Waals surface area (Å²) in [5, 5.41) is 3.65. The standard InChI is InChI=1S/C17H20N2OS/c1-2-12-7-9-13(10-8-12)11-15-16(20)19-17(21-15)18-14-5-3-4-6-14/h7-11,14H,2-6H2,1H3,(H,18,19,20). The summed E-state index contributed by atoms with van der Waals surface area (Å²) in [6, 6.07) is 8.74. The van der Waals surface area contributed by atoms with Gasteiger partial charge in [0.25, 0.3) is 5.91 Å². The molecule has 1 saturated heterocycles. The number of hydrogen-bond donors (Lipinski definition) is 1. The molecule has 1 N–H and O–H groups in total. The molecule has 0 bridgehead atoms. The Labute approximate surface area is 129 Å². The van der Waals surface area contributed by atoms with Gasteiger partial charge < -0.3 is 5.32 Å². The lowest BCUT2D eigenvalue weighted by Gasteiger charge is -2.02. The van der Waals surface area contributed by atoms with Crippen LogP contribution in [-0.4, -0.2) is 17.1 Å². The second-order valence-electron chi connectivity index (χ2n) is 5.53. The van der Waals surface area contributed by atoms with Gasteiger partial charge in [0.2, 0.25) is 0 Å². The summed E-state index contributed by atoms with van der Waals surface area (Å²) in [5.74, 6) is -0.0312. The topological polar surface area (TPSA) is 41.5 Å². The first-order chi connectivity index (χ1) is 10.2. The first-order valence-electron chi connectivity index (χ1n) is 7.62. The molecular formula is C17H20N2OS. The van der Waals surface area contributed by atoms with E-state index in [0.29, 0.717) is 6.04 Å². The molecule has 21 heavy (non-hydrogen) atoms. The summed E-state index contributed by atoms with van der Waals surface area (Å²) >= 11 is 1.46. The van der Waals surface area contributed by atoms with Gasteiger partial charge in [0.15, 0.2) is 5.17 Å². The molecule has 2 fully saturated rings. The Hall–Kier alpha value is -1.55. The number of hydrogen-bond acceptors (Lipinski definition) is 3. The number of aliphatic imine (C=N–C) groups is 1. The zero-order valence-electron chi connectivity index (χ0n) is 12.3. The molecule has 3 nitrogen and oxygen atoms in total. The fourth-order valence-electron chi connectivity index (χ4n) is 2.69. The molecule has 0 atom stereocenters. The molecular weight excluding hydrogens is 280 g/mol. The number of amidine groups is 1. The quantitative estimate of drug-likeness (QED) is 0.864. The van der Waals surface area contributed by atoms with E-state index < -0.39 is 0 Å². The number of nitrogens with one attached hydrogen (secondary N) is 1. The minimum absolute atomic E-state index is 0.0312. The number of nitrogens with zero attached hydrogens (tertiary/aromatic N) is 1. The Morgan fingerprint density at radius 3 is 2.67 bits per heavy atom. The zero-order chi connectivity index (χ0) is 14.7. The molecule has 1 heterocycles. The lowest BCUT2D eigenvalue weighted by atomic mass is 10.1. The van der Waals surface area contributed by atoms with Gasteiger partial charge in [-0.25, -0.2) is 0 Å². The van der Waals surface area contributed by atoms with Crippen molar-refractivity contribution in [1.29, 1.82) is 0 Å². The number of benzene rings is 1. The van der Waals surface area contributed by atoms with Crippen molar-refractivity contribution in [3.8, 4) is 0 Å². The summed E-state index contributed by atoms with van der Waals surface area (Å²) < 4.78 is 0. The molecule has 1 aromatic carbocycles. The van der Waals surface area contributed by atoms with Crippen LogP contribution in [0.25, 0.3) is 6.08 Å². The molecule has 0 aromatic heterocycles. The molecule has 4 heteroatoms. The highest BCUT2D eigenvalue weighted by Crippen LogP contribution is 2.29. The monoisotopic (exact) mass is 300 g/mol. The number of carbonyl (C=O) groups is 1. The summed E-state index contributed by atoms with van der Waals surface area (Å²) in [6.45, 7) is 2.14.